The number of aromatic nitrogens is 2. The molecule has 0 radical (unpaired) electrons. The van der Waals surface area contributed by atoms with Crippen LogP contribution in [0.4, 0.5) is 0 Å². The molecular formula is C23H25N3O. The first-order valence-electron chi connectivity index (χ1n) is 10.1. The molecule has 5 rings (SSSR count). The molecule has 0 spiro atoms. The summed E-state index contributed by atoms with van der Waals surface area (Å²) in [6.45, 7) is 1.78. The lowest BCUT2D eigenvalue weighted by Gasteiger charge is -2.16. The molecule has 138 valence electrons. The van der Waals surface area contributed by atoms with E-state index in [1.807, 2.05) is 6.07 Å². The number of carbonyl (C=O) groups excluding carboxylic acids is 1. The fourth-order valence-corrected chi connectivity index (χ4v) is 4.37. The van der Waals surface area contributed by atoms with Crippen molar-refractivity contribution in [3.8, 4) is 0 Å². The first kappa shape index (κ1) is 16.5. The number of rotatable bonds is 6. The van der Waals surface area contributed by atoms with Crippen LogP contribution in [0.3, 0.4) is 0 Å². The zero-order valence-electron chi connectivity index (χ0n) is 15.6. The molecule has 0 N–H and O–H groups in total. The lowest BCUT2D eigenvalue weighted by Crippen LogP contribution is -2.27. The molecule has 0 bridgehead atoms. The van der Waals surface area contributed by atoms with Gasteiger partial charge in [-0.2, -0.15) is 0 Å². The minimum atomic E-state index is 0.224. The van der Waals surface area contributed by atoms with Crippen molar-refractivity contribution < 1.29 is 4.79 Å². The third-order valence-corrected chi connectivity index (χ3v) is 5.89. The second kappa shape index (κ2) is 6.84. The molecule has 2 aliphatic rings. The summed E-state index contributed by atoms with van der Waals surface area (Å²) in [5, 5.41) is 0. The highest BCUT2D eigenvalue weighted by Gasteiger charge is 2.41. The lowest BCUT2D eigenvalue weighted by molar-refractivity contribution is -0.128. The Morgan fingerprint density at radius 2 is 1.78 bits per heavy atom. The van der Waals surface area contributed by atoms with E-state index in [1.165, 1.54) is 23.9 Å². The molecule has 1 amide bonds. The number of benzene rings is 2. The van der Waals surface area contributed by atoms with E-state index in [9.17, 15) is 4.79 Å². The first-order valence-corrected chi connectivity index (χ1v) is 10.1. The van der Waals surface area contributed by atoms with Crippen molar-refractivity contribution in [3.05, 3.63) is 66.0 Å². The summed E-state index contributed by atoms with van der Waals surface area (Å²) in [4.78, 5) is 19.5. The van der Waals surface area contributed by atoms with Crippen LogP contribution >= 0.6 is 0 Å². The van der Waals surface area contributed by atoms with Crippen LogP contribution in [0.25, 0.3) is 11.0 Å². The number of likely N-dealkylation sites (tertiary alicyclic amines) is 1. The van der Waals surface area contributed by atoms with Crippen molar-refractivity contribution in [2.24, 2.45) is 0 Å². The van der Waals surface area contributed by atoms with Gasteiger partial charge in [0.1, 0.15) is 5.82 Å². The number of aryl methyl sites for hydroxylation is 2. The van der Waals surface area contributed by atoms with Gasteiger partial charge in [-0.25, -0.2) is 4.98 Å². The molecule has 1 atom stereocenters. The molecule has 2 aromatic carbocycles. The van der Waals surface area contributed by atoms with E-state index >= 15 is 0 Å². The predicted molar refractivity (Wildman–Crippen MR) is 107 cm³/mol. The summed E-state index contributed by atoms with van der Waals surface area (Å²) >= 11 is 0. The number of carbonyl (C=O) groups is 1. The van der Waals surface area contributed by atoms with Crippen LogP contribution in [0, 0.1) is 0 Å². The van der Waals surface area contributed by atoms with Gasteiger partial charge in [-0.05, 0) is 43.4 Å². The highest BCUT2D eigenvalue weighted by molar-refractivity contribution is 5.81. The van der Waals surface area contributed by atoms with Gasteiger partial charge in [0.2, 0.25) is 5.91 Å². The molecule has 1 aliphatic heterocycles. The van der Waals surface area contributed by atoms with E-state index in [4.69, 9.17) is 4.98 Å². The lowest BCUT2D eigenvalue weighted by atomic mass is 10.1. The van der Waals surface area contributed by atoms with Crippen molar-refractivity contribution in [3.63, 3.8) is 0 Å². The summed E-state index contributed by atoms with van der Waals surface area (Å²) in [5.74, 6) is 1.63. The molecule has 2 fully saturated rings. The Morgan fingerprint density at radius 1 is 1.00 bits per heavy atom. The van der Waals surface area contributed by atoms with Crippen LogP contribution in [-0.4, -0.2) is 32.9 Å². The number of para-hydroxylation sites is 2. The van der Waals surface area contributed by atoms with E-state index in [0.717, 1.165) is 37.3 Å². The van der Waals surface area contributed by atoms with E-state index in [-0.39, 0.29) is 5.92 Å². The Labute approximate surface area is 159 Å². The number of fused-ring (bicyclic) bond motifs is 1. The first-order chi connectivity index (χ1) is 13.3. The van der Waals surface area contributed by atoms with Crippen LogP contribution in [0.15, 0.2) is 54.6 Å². The van der Waals surface area contributed by atoms with Crippen molar-refractivity contribution >= 4 is 16.9 Å². The van der Waals surface area contributed by atoms with Crippen LogP contribution in [0.5, 0.6) is 0 Å². The second-order valence-electron chi connectivity index (χ2n) is 7.88. The van der Waals surface area contributed by atoms with Gasteiger partial charge < -0.3 is 9.47 Å². The standard InChI is InChI=1S/C23H25N3O/c27-22-15-18(16-26(22)19-12-13-19)23-24-20-10-4-5-11-21(20)25(23)14-6-9-17-7-2-1-3-8-17/h1-5,7-8,10-11,18-19H,6,9,12-16H2. The zero-order valence-corrected chi connectivity index (χ0v) is 15.6. The van der Waals surface area contributed by atoms with Gasteiger partial charge in [0.15, 0.2) is 0 Å². The maximum absolute atomic E-state index is 12.5. The fraction of sp³-hybridized carbons (Fsp3) is 0.391. The zero-order chi connectivity index (χ0) is 18.2. The number of amides is 1. The Morgan fingerprint density at radius 3 is 2.59 bits per heavy atom. The number of hydrogen-bond donors (Lipinski definition) is 0. The van der Waals surface area contributed by atoms with Crippen molar-refractivity contribution in [1.82, 2.24) is 14.5 Å². The van der Waals surface area contributed by atoms with Gasteiger partial charge in [-0.1, -0.05) is 42.5 Å². The van der Waals surface area contributed by atoms with Crippen LogP contribution in [-0.2, 0) is 17.8 Å². The molecule has 2 heterocycles. The fourth-order valence-electron chi connectivity index (χ4n) is 4.37. The average Bonchev–Trinajstić information content (AvgIpc) is 3.37. The van der Waals surface area contributed by atoms with E-state index < -0.39 is 0 Å². The monoisotopic (exact) mass is 359 g/mol. The molecule has 1 saturated heterocycles. The van der Waals surface area contributed by atoms with Gasteiger partial charge in [0.05, 0.1) is 11.0 Å². The third kappa shape index (κ3) is 3.25. The summed E-state index contributed by atoms with van der Waals surface area (Å²) in [5.41, 5.74) is 3.61. The summed E-state index contributed by atoms with van der Waals surface area (Å²) in [7, 11) is 0. The quantitative estimate of drug-likeness (QED) is 0.663. The molecule has 1 unspecified atom stereocenters. The predicted octanol–water partition coefficient (Wildman–Crippen LogP) is 4.15. The number of imidazole rings is 1. The van der Waals surface area contributed by atoms with Gasteiger partial charge >= 0.3 is 0 Å². The maximum Gasteiger partial charge on any atom is 0.223 e. The summed E-state index contributed by atoms with van der Waals surface area (Å²) < 4.78 is 2.37. The van der Waals surface area contributed by atoms with Crippen LogP contribution in [0.2, 0.25) is 0 Å². The molecule has 27 heavy (non-hydrogen) atoms. The Kier molecular flexibility index (Phi) is 4.19. The molecule has 4 nitrogen and oxygen atoms in total. The molecule has 1 aliphatic carbocycles. The van der Waals surface area contributed by atoms with E-state index in [2.05, 4.69) is 58.0 Å². The van der Waals surface area contributed by atoms with Gasteiger partial charge in [-0.15, -0.1) is 0 Å². The minimum absolute atomic E-state index is 0.224. The van der Waals surface area contributed by atoms with E-state index in [0.29, 0.717) is 18.4 Å². The van der Waals surface area contributed by atoms with Gasteiger partial charge in [-0.3, -0.25) is 4.79 Å². The highest BCUT2D eigenvalue weighted by atomic mass is 16.2. The Balaban J connectivity index is 1.40. The molecule has 4 heteroatoms. The SMILES string of the molecule is O=C1CC(c2nc3ccccc3n2CCCc2ccccc2)CN1C1CC1. The summed E-state index contributed by atoms with van der Waals surface area (Å²) in [6.07, 6.45) is 5.09. The highest BCUT2D eigenvalue weighted by Crippen LogP contribution is 2.37. The van der Waals surface area contributed by atoms with Crippen LogP contribution in [0.1, 0.15) is 43.0 Å². The third-order valence-electron chi connectivity index (χ3n) is 5.89. The minimum Gasteiger partial charge on any atom is -0.339 e. The smallest absolute Gasteiger partial charge is 0.223 e. The van der Waals surface area contributed by atoms with Crippen molar-refractivity contribution in [2.45, 2.75) is 50.6 Å². The maximum atomic E-state index is 12.5. The van der Waals surface area contributed by atoms with Gasteiger partial charge in [0.25, 0.3) is 0 Å². The Hall–Kier alpha value is -2.62. The largest absolute Gasteiger partial charge is 0.339 e. The van der Waals surface area contributed by atoms with Crippen molar-refractivity contribution in [2.75, 3.05) is 6.54 Å². The number of nitrogens with zero attached hydrogens (tertiary/aromatic N) is 3. The number of hydrogen-bond acceptors (Lipinski definition) is 2. The van der Waals surface area contributed by atoms with E-state index in [1.54, 1.807) is 0 Å². The van der Waals surface area contributed by atoms with Crippen molar-refractivity contribution in [1.29, 1.82) is 0 Å². The molecule has 1 saturated carbocycles. The average molecular weight is 359 g/mol. The Bertz CT molecular complexity index is 958. The van der Waals surface area contributed by atoms with Crippen LogP contribution < -0.4 is 0 Å². The second-order valence-corrected chi connectivity index (χ2v) is 7.88. The summed E-state index contributed by atoms with van der Waals surface area (Å²) in [6, 6.07) is 19.5. The van der Waals surface area contributed by atoms with Gasteiger partial charge in [0, 0.05) is 31.5 Å². The normalized spacial score (nSPS) is 19.9. The topological polar surface area (TPSA) is 38.1 Å². The molecular weight excluding hydrogens is 334 g/mol. The molecule has 3 aromatic rings. The molecule has 1 aromatic heterocycles.